The Balaban J connectivity index is 2.33. The van der Waals surface area contributed by atoms with Crippen LogP contribution in [0.2, 0.25) is 5.02 Å². The average Bonchev–Trinajstić information content (AvgIpc) is 2.31. The van der Waals surface area contributed by atoms with Crippen LogP contribution in [0, 0.1) is 5.82 Å². The summed E-state index contributed by atoms with van der Waals surface area (Å²) in [7, 11) is 1.37. The van der Waals surface area contributed by atoms with Gasteiger partial charge in [0.05, 0.1) is 25.3 Å². The van der Waals surface area contributed by atoms with Gasteiger partial charge in [-0.1, -0.05) is 11.6 Å². The van der Waals surface area contributed by atoms with Crippen LogP contribution in [0.5, 0.6) is 5.75 Å². The minimum Gasteiger partial charge on any atom is -0.492 e. The van der Waals surface area contributed by atoms with E-state index in [4.69, 9.17) is 25.8 Å². The zero-order chi connectivity index (χ0) is 11.5. The first-order valence-electron chi connectivity index (χ1n) is 4.99. The highest BCUT2D eigenvalue weighted by Crippen LogP contribution is 2.34. The Morgan fingerprint density at radius 2 is 2.06 bits per heavy atom. The summed E-state index contributed by atoms with van der Waals surface area (Å²) in [5.41, 5.74) is 0.320. The van der Waals surface area contributed by atoms with Crippen molar-refractivity contribution < 1.29 is 18.6 Å². The van der Waals surface area contributed by atoms with Crippen molar-refractivity contribution in [2.24, 2.45) is 0 Å². The Hall–Kier alpha value is -0.840. The number of benzene rings is 1. The van der Waals surface area contributed by atoms with Gasteiger partial charge in [0.25, 0.3) is 0 Å². The average molecular weight is 247 g/mol. The van der Waals surface area contributed by atoms with Crippen LogP contribution in [0.3, 0.4) is 0 Å². The van der Waals surface area contributed by atoms with E-state index in [1.165, 1.54) is 7.11 Å². The van der Waals surface area contributed by atoms with Crippen LogP contribution < -0.4 is 4.74 Å². The molecule has 1 aromatic carbocycles. The summed E-state index contributed by atoms with van der Waals surface area (Å²) >= 11 is 5.79. The highest BCUT2D eigenvalue weighted by atomic mass is 35.5. The Morgan fingerprint density at radius 1 is 1.38 bits per heavy atom. The number of halogens is 2. The van der Waals surface area contributed by atoms with E-state index in [0.717, 1.165) is 6.42 Å². The van der Waals surface area contributed by atoms with Gasteiger partial charge in [-0.3, -0.25) is 0 Å². The van der Waals surface area contributed by atoms with Gasteiger partial charge >= 0.3 is 0 Å². The minimum absolute atomic E-state index is 0.0249. The highest BCUT2D eigenvalue weighted by molar-refractivity contribution is 6.32. The van der Waals surface area contributed by atoms with Gasteiger partial charge in [0.2, 0.25) is 0 Å². The quantitative estimate of drug-likeness (QED) is 0.803. The van der Waals surface area contributed by atoms with E-state index in [1.807, 2.05) is 0 Å². The summed E-state index contributed by atoms with van der Waals surface area (Å²) < 4.78 is 29.5. The van der Waals surface area contributed by atoms with E-state index < -0.39 is 12.1 Å². The summed E-state index contributed by atoms with van der Waals surface area (Å²) in [6, 6.07) is 3.12. The molecule has 0 spiro atoms. The van der Waals surface area contributed by atoms with E-state index in [9.17, 15) is 4.39 Å². The zero-order valence-corrected chi connectivity index (χ0v) is 9.59. The van der Waals surface area contributed by atoms with Gasteiger partial charge in [-0.2, -0.15) is 0 Å². The van der Waals surface area contributed by atoms with Crippen LogP contribution in [-0.2, 0) is 9.47 Å². The maximum atomic E-state index is 13.9. The monoisotopic (exact) mass is 246 g/mol. The first kappa shape index (κ1) is 11.6. The van der Waals surface area contributed by atoms with Crippen LogP contribution in [0.25, 0.3) is 0 Å². The second-order valence-corrected chi connectivity index (χ2v) is 3.82. The Bertz CT molecular complexity index is 378. The van der Waals surface area contributed by atoms with Gasteiger partial charge in [-0.25, -0.2) is 4.39 Å². The number of hydrogen-bond acceptors (Lipinski definition) is 3. The van der Waals surface area contributed by atoms with E-state index in [-0.39, 0.29) is 10.8 Å². The molecule has 2 rings (SSSR count). The molecule has 0 atom stereocenters. The predicted molar refractivity (Wildman–Crippen MR) is 57.2 cm³/mol. The van der Waals surface area contributed by atoms with Crippen LogP contribution in [0.4, 0.5) is 4.39 Å². The highest BCUT2D eigenvalue weighted by Gasteiger charge is 2.23. The van der Waals surface area contributed by atoms with E-state index in [2.05, 4.69) is 0 Å². The molecule has 0 radical (unpaired) electrons. The van der Waals surface area contributed by atoms with Crippen molar-refractivity contribution >= 4 is 11.6 Å². The maximum absolute atomic E-state index is 13.9. The molecule has 5 heteroatoms. The topological polar surface area (TPSA) is 27.7 Å². The second kappa shape index (κ2) is 4.99. The molecular weight excluding hydrogens is 235 g/mol. The molecule has 0 bridgehead atoms. The molecule has 0 aliphatic carbocycles. The molecule has 88 valence electrons. The number of hydrogen-bond donors (Lipinski definition) is 0. The number of methoxy groups -OCH3 is 1. The molecule has 0 N–H and O–H groups in total. The summed E-state index contributed by atoms with van der Waals surface area (Å²) in [5.74, 6) is -0.501. The van der Waals surface area contributed by atoms with Gasteiger partial charge in [0, 0.05) is 5.56 Å². The fourth-order valence-electron chi connectivity index (χ4n) is 1.58. The van der Waals surface area contributed by atoms with Crippen molar-refractivity contribution in [3.8, 4) is 5.75 Å². The summed E-state index contributed by atoms with van der Waals surface area (Å²) in [4.78, 5) is 0. The molecule has 1 heterocycles. The molecule has 1 aliphatic heterocycles. The molecule has 0 aromatic heterocycles. The van der Waals surface area contributed by atoms with Crippen LogP contribution in [0.15, 0.2) is 12.1 Å². The van der Waals surface area contributed by atoms with Crippen molar-refractivity contribution in [3.05, 3.63) is 28.5 Å². The molecule has 1 aliphatic rings. The summed E-state index contributed by atoms with van der Waals surface area (Å²) in [6.07, 6.45) is 0.156. The standard InChI is InChI=1S/C11H12ClFO3/c1-14-10-8(12)4-3-7(9(10)13)11-15-5-2-6-16-11/h3-4,11H,2,5-6H2,1H3. The molecule has 16 heavy (non-hydrogen) atoms. The maximum Gasteiger partial charge on any atom is 0.186 e. The summed E-state index contributed by atoms with van der Waals surface area (Å²) in [5, 5.41) is 0.236. The molecule has 0 amide bonds. The lowest BCUT2D eigenvalue weighted by molar-refractivity contribution is -0.184. The van der Waals surface area contributed by atoms with Crippen LogP contribution in [0.1, 0.15) is 18.3 Å². The predicted octanol–water partition coefficient (Wildman–Crippen LogP) is 2.92. The van der Waals surface area contributed by atoms with Crippen molar-refractivity contribution in [3.63, 3.8) is 0 Å². The van der Waals surface area contributed by atoms with Gasteiger partial charge in [-0.15, -0.1) is 0 Å². The van der Waals surface area contributed by atoms with E-state index >= 15 is 0 Å². The molecule has 0 saturated carbocycles. The lowest BCUT2D eigenvalue weighted by Gasteiger charge is -2.24. The van der Waals surface area contributed by atoms with Gasteiger partial charge in [-0.05, 0) is 18.6 Å². The lowest BCUT2D eigenvalue weighted by Crippen LogP contribution is -2.19. The molecular formula is C11H12ClFO3. The van der Waals surface area contributed by atoms with Gasteiger partial charge < -0.3 is 14.2 Å². The largest absolute Gasteiger partial charge is 0.492 e. The van der Waals surface area contributed by atoms with E-state index in [0.29, 0.717) is 18.8 Å². The van der Waals surface area contributed by atoms with E-state index in [1.54, 1.807) is 12.1 Å². The Labute approximate surface area is 98.1 Å². The normalized spacial score (nSPS) is 17.4. The third kappa shape index (κ3) is 2.14. The Morgan fingerprint density at radius 3 is 2.69 bits per heavy atom. The fraction of sp³-hybridized carbons (Fsp3) is 0.455. The second-order valence-electron chi connectivity index (χ2n) is 3.41. The third-order valence-electron chi connectivity index (χ3n) is 2.36. The summed E-state index contributed by atoms with van der Waals surface area (Å²) in [6.45, 7) is 1.13. The van der Waals surface area contributed by atoms with Crippen molar-refractivity contribution in [1.29, 1.82) is 0 Å². The lowest BCUT2D eigenvalue weighted by atomic mass is 10.2. The number of ether oxygens (including phenoxy) is 3. The van der Waals surface area contributed by atoms with Gasteiger partial charge in [0.1, 0.15) is 0 Å². The smallest absolute Gasteiger partial charge is 0.186 e. The molecule has 0 unspecified atom stereocenters. The zero-order valence-electron chi connectivity index (χ0n) is 8.83. The van der Waals surface area contributed by atoms with Crippen molar-refractivity contribution in [2.45, 2.75) is 12.7 Å². The van der Waals surface area contributed by atoms with Crippen LogP contribution >= 0.6 is 11.6 Å². The number of rotatable bonds is 2. The van der Waals surface area contributed by atoms with Crippen LogP contribution in [-0.4, -0.2) is 20.3 Å². The molecule has 1 aromatic rings. The fourth-order valence-corrected chi connectivity index (χ4v) is 1.81. The minimum atomic E-state index is -0.667. The molecule has 1 saturated heterocycles. The van der Waals surface area contributed by atoms with Gasteiger partial charge in [0.15, 0.2) is 17.9 Å². The SMILES string of the molecule is COc1c(Cl)ccc(C2OCCCO2)c1F. The van der Waals surface area contributed by atoms with Crippen molar-refractivity contribution in [1.82, 2.24) is 0 Å². The van der Waals surface area contributed by atoms with Crippen molar-refractivity contribution in [2.75, 3.05) is 20.3 Å². The molecule has 3 nitrogen and oxygen atoms in total. The Kier molecular flexibility index (Phi) is 3.63. The first-order valence-corrected chi connectivity index (χ1v) is 5.37. The first-order chi connectivity index (χ1) is 7.74. The molecule has 1 fully saturated rings. The third-order valence-corrected chi connectivity index (χ3v) is 2.66.